The van der Waals surface area contributed by atoms with Gasteiger partial charge in [-0.25, -0.2) is 9.59 Å². The number of alkyl carbamates (subject to hydrolysis) is 1. The third-order valence-electron chi connectivity index (χ3n) is 6.85. The fourth-order valence-corrected chi connectivity index (χ4v) is 4.93. The van der Waals surface area contributed by atoms with E-state index in [1.807, 2.05) is 64.1 Å². The van der Waals surface area contributed by atoms with E-state index in [0.29, 0.717) is 11.3 Å². The van der Waals surface area contributed by atoms with Gasteiger partial charge in [0.05, 0.1) is 12.2 Å². The molecule has 0 unspecified atom stereocenters. The fourth-order valence-electron chi connectivity index (χ4n) is 4.93. The van der Waals surface area contributed by atoms with E-state index in [4.69, 9.17) is 13.9 Å². The van der Waals surface area contributed by atoms with Crippen LogP contribution in [0.25, 0.3) is 22.1 Å². The Balaban J connectivity index is 1.29. The third-order valence-corrected chi connectivity index (χ3v) is 6.85. The van der Waals surface area contributed by atoms with Gasteiger partial charge in [-0.15, -0.1) is 0 Å². The van der Waals surface area contributed by atoms with Gasteiger partial charge < -0.3 is 24.5 Å². The lowest BCUT2D eigenvalue weighted by molar-refractivity contribution is -0.121. The Morgan fingerprint density at radius 2 is 1.60 bits per heavy atom. The summed E-state index contributed by atoms with van der Waals surface area (Å²) in [6.07, 6.45) is -0.723. The number of carbonyl (C=O) groups is 2. The van der Waals surface area contributed by atoms with Gasteiger partial charge in [0.15, 0.2) is 0 Å². The van der Waals surface area contributed by atoms with Crippen molar-refractivity contribution in [2.75, 3.05) is 18.5 Å². The molecule has 1 aromatic heterocycles. The first kappa shape index (κ1) is 27.1. The van der Waals surface area contributed by atoms with Crippen molar-refractivity contribution in [1.29, 1.82) is 0 Å². The number of hydrogen-bond donors (Lipinski definition) is 2. The minimum atomic E-state index is -1.03. The third kappa shape index (κ3) is 5.92. The first-order chi connectivity index (χ1) is 19.1. The molecule has 0 saturated heterocycles. The number of ether oxygens (including phenoxy) is 2. The van der Waals surface area contributed by atoms with E-state index in [1.165, 1.54) is 6.07 Å². The number of rotatable bonds is 7. The topological polar surface area (TPSA) is 107 Å². The zero-order chi connectivity index (χ0) is 28.4. The van der Waals surface area contributed by atoms with Gasteiger partial charge in [0.25, 0.3) is 0 Å². The Kier molecular flexibility index (Phi) is 7.45. The zero-order valence-electron chi connectivity index (χ0n) is 22.9. The first-order valence-electron chi connectivity index (χ1n) is 13.2. The van der Waals surface area contributed by atoms with Crippen LogP contribution in [0.2, 0.25) is 0 Å². The second-order valence-electron chi connectivity index (χ2n) is 10.9. The number of amides is 2. The maximum atomic E-state index is 13.3. The molecule has 206 valence electrons. The van der Waals surface area contributed by atoms with Crippen LogP contribution in [0.5, 0.6) is 0 Å². The Bertz CT molecular complexity index is 1590. The average molecular weight is 541 g/mol. The van der Waals surface area contributed by atoms with Crippen LogP contribution >= 0.6 is 0 Å². The van der Waals surface area contributed by atoms with Crippen LogP contribution in [0.15, 0.2) is 82.0 Å². The molecule has 4 aromatic rings. The Morgan fingerprint density at radius 1 is 0.950 bits per heavy atom. The molecule has 0 fully saturated rings. The Hall–Kier alpha value is -4.43. The lowest BCUT2D eigenvalue weighted by Crippen LogP contribution is -2.48. The summed E-state index contributed by atoms with van der Waals surface area (Å²) in [4.78, 5) is 38.0. The zero-order valence-corrected chi connectivity index (χ0v) is 22.9. The van der Waals surface area contributed by atoms with Gasteiger partial charge in [0.2, 0.25) is 5.91 Å². The molecule has 0 radical (unpaired) electrons. The molecule has 5 rings (SSSR count). The summed E-state index contributed by atoms with van der Waals surface area (Å²) in [6.45, 7) is 7.46. The second kappa shape index (κ2) is 11.0. The average Bonchev–Trinajstić information content (AvgIpc) is 3.22. The molecular formula is C32H32N2O6. The molecule has 0 spiro atoms. The van der Waals surface area contributed by atoms with E-state index in [-0.39, 0.29) is 19.1 Å². The number of nitrogens with one attached hydrogen (secondary N) is 2. The van der Waals surface area contributed by atoms with E-state index in [1.54, 1.807) is 18.2 Å². The number of hydrogen-bond acceptors (Lipinski definition) is 6. The summed E-state index contributed by atoms with van der Waals surface area (Å²) in [5.41, 5.74) is 5.00. The molecular weight excluding hydrogens is 508 g/mol. The number of anilines is 1. The summed E-state index contributed by atoms with van der Waals surface area (Å²) in [5, 5.41) is 6.22. The van der Waals surface area contributed by atoms with Gasteiger partial charge in [0, 0.05) is 29.1 Å². The minimum absolute atomic E-state index is 0.0682. The van der Waals surface area contributed by atoms with Gasteiger partial charge in [-0.2, -0.15) is 0 Å². The highest BCUT2D eigenvalue weighted by molar-refractivity contribution is 5.98. The van der Waals surface area contributed by atoms with Crippen LogP contribution in [0.3, 0.4) is 0 Å². The summed E-state index contributed by atoms with van der Waals surface area (Å²) in [7, 11) is 0. The van der Waals surface area contributed by atoms with E-state index in [0.717, 1.165) is 33.2 Å². The van der Waals surface area contributed by atoms with E-state index in [9.17, 15) is 14.4 Å². The second-order valence-corrected chi connectivity index (χ2v) is 10.9. The van der Waals surface area contributed by atoms with Crippen molar-refractivity contribution in [2.24, 2.45) is 0 Å². The summed E-state index contributed by atoms with van der Waals surface area (Å²) >= 11 is 0. The molecule has 1 atom stereocenters. The molecule has 1 aliphatic carbocycles. The van der Waals surface area contributed by atoms with Gasteiger partial charge in [0.1, 0.15) is 18.2 Å². The maximum absolute atomic E-state index is 13.3. The molecule has 1 aliphatic rings. The van der Waals surface area contributed by atoms with Crippen LogP contribution in [-0.4, -0.2) is 36.9 Å². The molecule has 0 bridgehead atoms. The fraction of sp³-hybridized carbons (Fsp3) is 0.281. The minimum Gasteiger partial charge on any atom is -0.449 e. The van der Waals surface area contributed by atoms with Crippen molar-refractivity contribution in [1.82, 2.24) is 5.32 Å². The molecule has 2 amide bonds. The smallest absolute Gasteiger partial charge is 0.407 e. The summed E-state index contributed by atoms with van der Waals surface area (Å²) in [6, 6.07) is 21.6. The van der Waals surface area contributed by atoms with Gasteiger partial charge in [-0.3, -0.25) is 4.79 Å². The largest absolute Gasteiger partial charge is 0.449 e. The molecule has 40 heavy (non-hydrogen) atoms. The number of carbonyl (C=O) groups excluding carboxylic acids is 2. The maximum Gasteiger partial charge on any atom is 0.407 e. The number of aryl methyl sites for hydroxylation is 1. The van der Waals surface area contributed by atoms with Gasteiger partial charge in [-0.05, 0) is 67.6 Å². The molecule has 1 heterocycles. The SMILES string of the molecule is Cc1cc(=O)oc2cc(NC(=O)[C@@H](COC(C)(C)C)NC(=O)OCC3c4ccccc4-c4ccccc43)ccc12. The van der Waals surface area contributed by atoms with Gasteiger partial charge >= 0.3 is 11.7 Å². The van der Waals surface area contributed by atoms with Crippen LogP contribution < -0.4 is 16.3 Å². The van der Waals surface area contributed by atoms with Crippen molar-refractivity contribution in [3.8, 4) is 11.1 Å². The van der Waals surface area contributed by atoms with Crippen molar-refractivity contribution in [3.05, 3.63) is 99.9 Å². The monoisotopic (exact) mass is 540 g/mol. The van der Waals surface area contributed by atoms with E-state index >= 15 is 0 Å². The molecule has 0 aliphatic heterocycles. The van der Waals surface area contributed by atoms with Crippen molar-refractivity contribution in [3.63, 3.8) is 0 Å². The lowest BCUT2D eigenvalue weighted by atomic mass is 9.98. The highest BCUT2D eigenvalue weighted by Gasteiger charge is 2.30. The molecule has 2 N–H and O–H groups in total. The van der Waals surface area contributed by atoms with Crippen molar-refractivity contribution in [2.45, 2.75) is 45.3 Å². The lowest BCUT2D eigenvalue weighted by Gasteiger charge is -2.25. The first-order valence-corrected chi connectivity index (χ1v) is 13.2. The summed E-state index contributed by atoms with van der Waals surface area (Å²) in [5.74, 6) is -0.598. The quantitative estimate of drug-likeness (QED) is 0.289. The number of fused-ring (bicyclic) bond motifs is 4. The van der Waals surface area contributed by atoms with Gasteiger partial charge in [-0.1, -0.05) is 48.5 Å². The van der Waals surface area contributed by atoms with Crippen molar-refractivity contribution >= 4 is 28.7 Å². The van der Waals surface area contributed by atoms with Crippen LogP contribution in [0.4, 0.5) is 10.5 Å². The molecule has 8 nitrogen and oxygen atoms in total. The Morgan fingerprint density at radius 3 is 2.25 bits per heavy atom. The summed E-state index contributed by atoms with van der Waals surface area (Å²) < 4.78 is 16.8. The van der Waals surface area contributed by atoms with Crippen LogP contribution in [-0.2, 0) is 14.3 Å². The number of benzene rings is 3. The van der Waals surface area contributed by atoms with Crippen LogP contribution in [0.1, 0.15) is 43.4 Å². The molecule has 3 aromatic carbocycles. The predicted molar refractivity (Wildman–Crippen MR) is 154 cm³/mol. The van der Waals surface area contributed by atoms with E-state index in [2.05, 4.69) is 22.8 Å². The van der Waals surface area contributed by atoms with E-state index < -0.39 is 29.3 Å². The van der Waals surface area contributed by atoms with Crippen LogP contribution in [0, 0.1) is 6.92 Å². The predicted octanol–water partition coefficient (Wildman–Crippen LogP) is 5.76. The standard InChI is InChI=1S/C32H32N2O6/c1-19-15-29(35)40-28-16-20(13-14-21(19)28)33-30(36)27(18-39-32(2,3)4)34-31(37)38-17-26-24-11-7-5-9-22(24)23-10-6-8-12-25(23)26/h5-16,26-27H,17-18H2,1-4H3,(H,33,36)(H,34,37)/t27-/m1/s1. The normalized spacial score (nSPS) is 13.4. The highest BCUT2D eigenvalue weighted by atomic mass is 16.5. The highest BCUT2D eigenvalue weighted by Crippen LogP contribution is 2.44. The molecule has 0 saturated carbocycles. The van der Waals surface area contributed by atoms with Crippen molar-refractivity contribution < 1.29 is 23.5 Å². The Labute approximate surface area is 232 Å². The molecule has 8 heteroatoms.